The van der Waals surface area contributed by atoms with Crippen LogP contribution < -0.4 is 10.2 Å². The van der Waals surface area contributed by atoms with Crippen LogP contribution in [0.15, 0.2) is 36.9 Å². The third kappa shape index (κ3) is 2.51. The molecule has 1 aliphatic heterocycles. The van der Waals surface area contributed by atoms with E-state index in [4.69, 9.17) is 4.74 Å². The molecule has 1 fully saturated rings. The van der Waals surface area contributed by atoms with Crippen LogP contribution >= 0.6 is 0 Å². The van der Waals surface area contributed by atoms with Gasteiger partial charge < -0.3 is 10.1 Å². The molecule has 2 amide bonds. The van der Waals surface area contributed by atoms with E-state index < -0.39 is 5.97 Å². The molecule has 1 N–H and O–H groups in total. The fourth-order valence-electron chi connectivity index (χ4n) is 1.71. The normalized spacial score (nSPS) is 14.2. The van der Waals surface area contributed by atoms with Crippen LogP contribution in [0.1, 0.15) is 10.4 Å². The minimum atomic E-state index is -0.396. The molecule has 5 nitrogen and oxygen atoms in total. The highest BCUT2D eigenvalue weighted by Crippen LogP contribution is 2.17. The van der Waals surface area contributed by atoms with E-state index in [2.05, 4.69) is 11.9 Å². The van der Waals surface area contributed by atoms with Gasteiger partial charge in [0.2, 0.25) is 0 Å². The molecular formula is C13H14N2O3. The second-order valence-corrected chi connectivity index (χ2v) is 3.82. The van der Waals surface area contributed by atoms with Crippen molar-refractivity contribution in [1.82, 2.24) is 5.32 Å². The van der Waals surface area contributed by atoms with E-state index in [1.165, 1.54) is 6.08 Å². The van der Waals surface area contributed by atoms with Gasteiger partial charge in [-0.05, 0) is 24.3 Å². The zero-order valence-corrected chi connectivity index (χ0v) is 9.89. The van der Waals surface area contributed by atoms with Crippen LogP contribution in [-0.4, -0.2) is 31.7 Å². The number of nitrogens with one attached hydrogen (secondary N) is 1. The molecule has 1 aliphatic rings. The summed E-state index contributed by atoms with van der Waals surface area (Å²) in [6.45, 7) is 4.94. The second kappa shape index (κ2) is 5.35. The fourth-order valence-corrected chi connectivity index (χ4v) is 1.71. The molecule has 0 spiro atoms. The van der Waals surface area contributed by atoms with Crippen molar-refractivity contribution >= 4 is 17.7 Å². The maximum Gasteiger partial charge on any atom is 0.338 e. The van der Waals surface area contributed by atoms with E-state index >= 15 is 0 Å². The van der Waals surface area contributed by atoms with Gasteiger partial charge in [-0.2, -0.15) is 0 Å². The monoisotopic (exact) mass is 246 g/mol. The van der Waals surface area contributed by atoms with Crippen molar-refractivity contribution in [3.63, 3.8) is 0 Å². The molecule has 0 aromatic heterocycles. The van der Waals surface area contributed by atoms with Crippen molar-refractivity contribution in [3.8, 4) is 0 Å². The Morgan fingerprint density at radius 2 is 2.17 bits per heavy atom. The predicted molar refractivity (Wildman–Crippen MR) is 67.7 cm³/mol. The summed E-state index contributed by atoms with van der Waals surface area (Å²) in [5, 5.41) is 2.72. The molecule has 0 saturated carbocycles. The first-order chi connectivity index (χ1) is 8.72. The molecule has 1 aromatic rings. The lowest BCUT2D eigenvalue weighted by Gasteiger charge is -2.14. The van der Waals surface area contributed by atoms with Gasteiger partial charge in [-0.3, -0.25) is 4.90 Å². The molecule has 2 rings (SSSR count). The molecule has 1 saturated heterocycles. The average molecular weight is 246 g/mol. The topological polar surface area (TPSA) is 58.6 Å². The quantitative estimate of drug-likeness (QED) is 0.648. The van der Waals surface area contributed by atoms with E-state index in [9.17, 15) is 9.59 Å². The lowest BCUT2D eigenvalue weighted by atomic mass is 10.2. The summed E-state index contributed by atoms with van der Waals surface area (Å²) >= 11 is 0. The van der Waals surface area contributed by atoms with Crippen LogP contribution in [0.2, 0.25) is 0 Å². The Hall–Kier alpha value is -2.30. The molecule has 1 aromatic carbocycles. The van der Waals surface area contributed by atoms with Gasteiger partial charge in [0.1, 0.15) is 6.61 Å². The van der Waals surface area contributed by atoms with Crippen molar-refractivity contribution in [2.75, 3.05) is 24.6 Å². The summed E-state index contributed by atoms with van der Waals surface area (Å²) in [6.07, 6.45) is 1.51. The number of ether oxygens (including phenoxy) is 1. The van der Waals surface area contributed by atoms with Crippen LogP contribution in [0.25, 0.3) is 0 Å². The maximum atomic E-state index is 11.5. The Morgan fingerprint density at radius 1 is 1.44 bits per heavy atom. The van der Waals surface area contributed by atoms with Gasteiger partial charge in [0, 0.05) is 18.8 Å². The van der Waals surface area contributed by atoms with Crippen LogP contribution in [-0.2, 0) is 4.74 Å². The molecule has 5 heteroatoms. The third-order valence-corrected chi connectivity index (χ3v) is 2.60. The van der Waals surface area contributed by atoms with Gasteiger partial charge in [-0.1, -0.05) is 12.7 Å². The minimum absolute atomic E-state index is 0.114. The molecule has 0 atom stereocenters. The first-order valence-electron chi connectivity index (χ1n) is 5.66. The number of carbonyl (C=O) groups is 2. The van der Waals surface area contributed by atoms with Gasteiger partial charge in [0.25, 0.3) is 0 Å². The Balaban J connectivity index is 2.07. The number of amides is 2. The van der Waals surface area contributed by atoms with Gasteiger partial charge in [0.15, 0.2) is 0 Å². The molecule has 0 bridgehead atoms. The molecule has 18 heavy (non-hydrogen) atoms. The maximum absolute atomic E-state index is 11.5. The van der Waals surface area contributed by atoms with Crippen LogP contribution in [0, 0.1) is 0 Å². The number of urea groups is 1. The van der Waals surface area contributed by atoms with E-state index in [-0.39, 0.29) is 12.6 Å². The number of carbonyl (C=O) groups excluding carboxylic acids is 2. The standard InChI is InChI=1S/C13H14N2O3/c1-2-9-18-12(16)10-3-5-11(6-4-10)15-8-7-14-13(15)17/h2-6H,1,7-9H2,(H,14,17). The lowest BCUT2D eigenvalue weighted by Crippen LogP contribution is -2.27. The zero-order valence-electron chi connectivity index (χ0n) is 9.89. The summed E-state index contributed by atoms with van der Waals surface area (Å²) in [7, 11) is 0. The highest BCUT2D eigenvalue weighted by atomic mass is 16.5. The fraction of sp³-hybridized carbons (Fsp3) is 0.231. The van der Waals surface area contributed by atoms with E-state index in [0.29, 0.717) is 18.7 Å². The SMILES string of the molecule is C=CCOC(=O)c1ccc(N2CCNC2=O)cc1. The summed E-state index contributed by atoms with van der Waals surface area (Å²) < 4.78 is 4.91. The van der Waals surface area contributed by atoms with Gasteiger partial charge in [-0.15, -0.1) is 0 Å². The molecule has 1 heterocycles. The van der Waals surface area contributed by atoms with E-state index in [0.717, 1.165) is 5.69 Å². The minimum Gasteiger partial charge on any atom is -0.458 e. The van der Waals surface area contributed by atoms with Crippen LogP contribution in [0.3, 0.4) is 0 Å². The van der Waals surface area contributed by atoms with E-state index in [1.807, 2.05) is 0 Å². The number of hydrogen-bond donors (Lipinski definition) is 1. The number of hydrogen-bond acceptors (Lipinski definition) is 3. The smallest absolute Gasteiger partial charge is 0.338 e. The summed E-state index contributed by atoms with van der Waals surface area (Å²) in [5.41, 5.74) is 1.23. The van der Waals surface area contributed by atoms with Crippen molar-refractivity contribution in [1.29, 1.82) is 0 Å². The average Bonchev–Trinajstić information content (AvgIpc) is 2.82. The van der Waals surface area contributed by atoms with Crippen molar-refractivity contribution in [2.24, 2.45) is 0 Å². The Labute approximate surface area is 105 Å². The largest absolute Gasteiger partial charge is 0.458 e. The van der Waals surface area contributed by atoms with Crippen molar-refractivity contribution in [3.05, 3.63) is 42.5 Å². The summed E-state index contributed by atoms with van der Waals surface area (Å²) in [6, 6.07) is 6.64. The molecule has 0 radical (unpaired) electrons. The highest BCUT2D eigenvalue weighted by Gasteiger charge is 2.21. The molecule has 94 valence electrons. The first kappa shape index (κ1) is 12.2. The number of benzene rings is 1. The summed E-state index contributed by atoms with van der Waals surface area (Å²) in [5.74, 6) is -0.396. The first-order valence-corrected chi connectivity index (χ1v) is 5.66. The number of esters is 1. The van der Waals surface area contributed by atoms with Crippen molar-refractivity contribution < 1.29 is 14.3 Å². The predicted octanol–water partition coefficient (Wildman–Crippen LogP) is 1.56. The molecule has 0 aliphatic carbocycles. The van der Waals surface area contributed by atoms with E-state index in [1.54, 1.807) is 29.2 Å². The third-order valence-electron chi connectivity index (χ3n) is 2.60. The van der Waals surface area contributed by atoms with Gasteiger partial charge in [0.05, 0.1) is 5.56 Å². The zero-order chi connectivity index (χ0) is 13.0. The van der Waals surface area contributed by atoms with Crippen LogP contribution in [0.4, 0.5) is 10.5 Å². The lowest BCUT2D eigenvalue weighted by molar-refractivity contribution is 0.0550. The van der Waals surface area contributed by atoms with Gasteiger partial charge >= 0.3 is 12.0 Å². The Kier molecular flexibility index (Phi) is 3.62. The molecular weight excluding hydrogens is 232 g/mol. The number of rotatable bonds is 4. The number of anilines is 1. The second-order valence-electron chi connectivity index (χ2n) is 3.82. The highest BCUT2D eigenvalue weighted by molar-refractivity contribution is 5.95. The van der Waals surface area contributed by atoms with Crippen LogP contribution in [0.5, 0.6) is 0 Å². The Bertz CT molecular complexity index is 468. The molecule has 0 unspecified atom stereocenters. The number of nitrogens with zero attached hydrogens (tertiary/aromatic N) is 1. The van der Waals surface area contributed by atoms with Crippen molar-refractivity contribution in [2.45, 2.75) is 0 Å². The summed E-state index contributed by atoms with van der Waals surface area (Å²) in [4.78, 5) is 24.6. The Morgan fingerprint density at radius 3 is 2.72 bits per heavy atom. The van der Waals surface area contributed by atoms with Gasteiger partial charge in [-0.25, -0.2) is 9.59 Å².